The van der Waals surface area contributed by atoms with Gasteiger partial charge in [-0.1, -0.05) is 48.0 Å². The maximum absolute atomic E-state index is 12.2. The largest absolute Gasteiger partial charge is 0.384 e. The van der Waals surface area contributed by atoms with Crippen LogP contribution in [0.4, 0.5) is 0 Å². The molecule has 1 atom stereocenters. The van der Waals surface area contributed by atoms with Crippen molar-refractivity contribution in [2.75, 3.05) is 26.2 Å². The quantitative estimate of drug-likeness (QED) is 0.191. The van der Waals surface area contributed by atoms with E-state index in [-0.39, 0.29) is 36.4 Å². The fourth-order valence-electron chi connectivity index (χ4n) is 2.71. The van der Waals surface area contributed by atoms with Crippen molar-refractivity contribution >= 4 is 35.8 Å². The summed E-state index contributed by atoms with van der Waals surface area (Å²) in [5, 5.41) is 19.9. The number of aliphatic imine (C=N–C) groups is 1. The third-order valence-electron chi connectivity index (χ3n) is 4.27. The summed E-state index contributed by atoms with van der Waals surface area (Å²) in [6.45, 7) is 7.60. The van der Waals surface area contributed by atoms with Crippen LogP contribution in [0.2, 0.25) is 0 Å². The zero-order valence-electron chi connectivity index (χ0n) is 17.2. The molecule has 2 aromatic carbocycles. The molecule has 0 fully saturated rings. The standard InChI is InChI=1S/C22H30N4O2.HI/c1-4-23-21(26-16-22(3,28)19-11-6-5-7-12-19)25-14-13-24-20(27)18-10-8-9-17(2)15-18;/h5-12,15,28H,4,13-14,16H2,1-3H3,(H,24,27)(H2,23,25,26);1H. The van der Waals surface area contributed by atoms with Crippen molar-refractivity contribution in [2.45, 2.75) is 26.4 Å². The molecule has 158 valence electrons. The highest BCUT2D eigenvalue weighted by atomic mass is 127. The number of nitrogens with one attached hydrogen (secondary N) is 3. The van der Waals surface area contributed by atoms with Crippen molar-refractivity contribution in [3.63, 3.8) is 0 Å². The van der Waals surface area contributed by atoms with Crippen LogP contribution in [0.25, 0.3) is 0 Å². The molecule has 1 amide bonds. The second-order valence-electron chi connectivity index (χ2n) is 6.89. The number of nitrogens with zero attached hydrogens (tertiary/aromatic N) is 1. The summed E-state index contributed by atoms with van der Waals surface area (Å²) in [6, 6.07) is 17.0. The summed E-state index contributed by atoms with van der Waals surface area (Å²) in [5.41, 5.74) is 1.47. The van der Waals surface area contributed by atoms with Crippen LogP contribution in [-0.2, 0) is 5.60 Å². The predicted octanol–water partition coefficient (Wildman–Crippen LogP) is 2.81. The lowest BCUT2D eigenvalue weighted by atomic mass is 9.96. The van der Waals surface area contributed by atoms with Gasteiger partial charge >= 0.3 is 0 Å². The summed E-state index contributed by atoms with van der Waals surface area (Å²) in [5.74, 6) is 0.503. The average molecular weight is 510 g/mol. The molecule has 1 unspecified atom stereocenters. The predicted molar refractivity (Wildman–Crippen MR) is 129 cm³/mol. The first-order valence-corrected chi connectivity index (χ1v) is 9.57. The van der Waals surface area contributed by atoms with E-state index in [0.717, 1.165) is 11.1 Å². The Labute approximate surface area is 190 Å². The molecule has 0 heterocycles. The number of aryl methyl sites for hydroxylation is 1. The number of aliphatic hydroxyl groups is 1. The zero-order chi connectivity index (χ0) is 20.4. The van der Waals surface area contributed by atoms with Crippen LogP contribution in [0, 0.1) is 6.92 Å². The maximum atomic E-state index is 12.2. The Hall–Kier alpha value is -2.13. The maximum Gasteiger partial charge on any atom is 0.251 e. The normalized spacial score (nSPS) is 13.0. The molecule has 0 radical (unpaired) electrons. The highest BCUT2D eigenvalue weighted by Gasteiger charge is 2.22. The van der Waals surface area contributed by atoms with Gasteiger partial charge in [-0.3, -0.25) is 4.79 Å². The Kier molecular flexibility index (Phi) is 10.7. The van der Waals surface area contributed by atoms with E-state index in [1.807, 2.05) is 62.4 Å². The minimum atomic E-state index is -1.05. The number of carbonyl (C=O) groups is 1. The first kappa shape index (κ1) is 24.9. The van der Waals surface area contributed by atoms with Gasteiger partial charge in [0.2, 0.25) is 0 Å². The average Bonchev–Trinajstić information content (AvgIpc) is 2.69. The number of amides is 1. The number of hydrogen-bond donors (Lipinski definition) is 4. The number of guanidine groups is 1. The van der Waals surface area contributed by atoms with Crippen molar-refractivity contribution in [3.05, 3.63) is 71.3 Å². The van der Waals surface area contributed by atoms with E-state index < -0.39 is 5.60 Å². The van der Waals surface area contributed by atoms with E-state index in [4.69, 9.17) is 0 Å². The molecule has 2 aromatic rings. The number of benzene rings is 2. The molecule has 0 saturated heterocycles. The molecule has 4 N–H and O–H groups in total. The molecule has 2 rings (SSSR count). The third-order valence-corrected chi connectivity index (χ3v) is 4.27. The van der Waals surface area contributed by atoms with Crippen molar-refractivity contribution < 1.29 is 9.90 Å². The Balaban J connectivity index is 0.00000420. The molecule has 0 spiro atoms. The van der Waals surface area contributed by atoms with E-state index in [1.165, 1.54) is 0 Å². The molecule has 0 aliphatic carbocycles. The van der Waals surface area contributed by atoms with Crippen molar-refractivity contribution in [1.82, 2.24) is 16.0 Å². The van der Waals surface area contributed by atoms with Crippen molar-refractivity contribution in [1.29, 1.82) is 0 Å². The zero-order valence-corrected chi connectivity index (χ0v) is 19.6. The van der Waals surface area contributed by atoms with E-state index >= 15 is 0 Å². The van der Waals surface area contributed by atoms with E-state index in [2.05, 4.69) is 20.9 Å². The molecule has 0 aromatic heterocycles. The van der Waals surface area contributed by atoms with Gasteiger partial charge in [0.25, 0.3) is 5.91 Å². The van der Waals surface area contributed by atoms with Crippen molar-refractivity contribution in [2.24, 2.45) is 4.99 Å². The third kappa shape index (κ3) is 8.41. The molecule has 6 nitrogen and oxygen atoms in total. The van der Waals surface area contributed by atoms with Gasteiger partial charge in [0, 0.05) is 25.2 Å². The first-order chi connectivity index (χ1) is 13.4. The molecule has 0 bridgehead atoms. The Bertz CT molecular complexity index is 794. The summed E-state index contributed by atoms with van der Waals surface area (Å²) in [4.78, 5) is 16.6. The topological polar surface area (TPSA) is 85.8 Å². The highest BCUT2D eigenvalue weighted by molar-refractivity contribution is 14.0. The lowest BCUT2D eigenvalue weighted by Gasteiger charge is -2.22. The molecule has 0 aliphatic heterocycles. The number of carbonyl (C=O) groups excluding carboxylic acids is 1. The van der Waals surface area contributed by atoms with Gasteiger partial charge in [-0.15, -0.1) is 24.0 Å². The Morgan fingerprint density at radius 1 is 1.03 bits per heavy atom. The van der Waals surface area contributed by atoms with E-state index in [1.54, 1.807) is 13.0 Å². The molecular formula is C22H31IN4O2. The van der Waals surface area contributed by atoms with Crippen LogP contribution in [0.15, 0.2) is 59.6 Å². The lowest BCUT2D eigenvalue weighted by molar-refractivity contribution is 0.0672. The van der Waals surface area contributed by atoms with Crippen LogP contribution in [-0.4, -0.2) is 43.2 Å². The number of rotatable bonds is 8. The van der Waals surface area contributed by atoms with Gasteiger partial charge in [-0.2, -0.15) is 0 Å². The monoisotopic (exact) mass is 510 g/mol. The summed E-state index contributed by atoms with van der Waals surface area (Å²) >= 11 is 0. The van der Waals surface area contributed by atoms with Crippen LogP contribution in [0.1, 0.15) is 35.3 Å². The number of hydrogen-bond acceptors (Lipinski definition) is 3. The molecular weight excluding hydrogens is 479 g/mol. The summed E-state index contributed by atoms with van der Waals surface area (Å²) in [6.07, 6.45) is 0. The molecule has 29 heavy (non-hydrogen) atoms. The van der Waals surface area contributed by atoms with E-state index in [9.17, 15) is 9.90 Å². The van der Waals surface area contributed by atoms with Gasteiger partial charge in [0.1, 0.15) is 5.60 Å². The second-order valence-corrected chi connectivity index (χ2v) is 6.89. The van der Waals surface area contributed by atoms with Crippen LogP contribution in [0.5, 0.6) is 0 Å². The lowest BCUT2D eigenvalue weighted by Crippen LogP contribution is -2.42. The molecule has 0 aliphatic rings. The fraction of sp³-hybridized carbons (Fsp3) is 0.364. The smallest absolute Gasteiger partial charge is 0.251 e. The fourth-order valence-corrected chi connectivity index (χ4v) is 2.71. The van der Waals surface area contributed by atoms with Crippen LogP contribution in [0.3, 0.4) is 0 Å². The summed E-state index contributed by atoms with van der Waals surface area (Å²) in [7, 11) is 0. The van der Waals surface area contributed by atoms with Crippen LogP contribution < -0.4 is 16.0 Å². The number of halogens is 1. The van der Waals surface area contributed by atoms with Gasteiger partial charge in [-0.25, -0.2) is 4.99 Å². The minimum absolute atomic E-state index is 0. The Morgan fingerprint density at radius 2 is 1.72 bits per heavy atom. The Morgan fingerprint density at radius 3 is 2.38 bits per heavy atom. The van der Waals surface area contributed by atoms with Crippen molar-refractivity contribution in [3.8, 4) is 0 Å². The first-order valence-electron chi connectivity index (χ1n) is 9.57. The summed E-state index contributed by atoms with van der Waals surface area (Å²) < 4.78 is 0. The molecule has 0 saturated carbocycles. The van der Waals surface area contributed by atoms with Gasteiger partial charge < -0.3 is 21.1 Å². The highest BCUT2D eigenvalue weighted by Crippen LogP contribution is 2.20. The van der Waals surface area contributed by atoms with Gasteiger partial charge in [0.15, 0.2) is 5.96 Å². The van der Waals surface area contributed by atoms with Gasteiger partial charge in [0.05, 0.1) is 6.54 Å². The van der Waals surface area contributed by atoms with Crippen LogP contribution >= 0.6 is 24.0 Å². The van der Waals surface area contributed by atoms with E-state index in [0.29, 0.717) is 31.2 Å². The SMILES string of the molecule is CCNC(=NCC(C)(O)c1ccccc1)NCCNC(=O)c1cccc(C)c1.I. The second kappa shape index (κ2) is 12.4. The molecule has 7 heteroatoms. The minimum Gasteiger partial charge on any atom is -0.384 e. The van der Waals surface area contributed by atoms with Gasteiger partial charge in [-0.05, 0) is 38.5 Å².